The van der Waals surface area contributed by atoms with Gasteiger partial charge in [0.2, 0.25) is 0 Å². The summed E-state index contributed by atoms with van der Waals surface area (Å²) in [6.07, 6.45) is 0. The van der Waals surface area contributed by atoms with E-state index in [1.165, 1.54) is 5.56 Å². The number of fused-ring (bicyclic) bond motifs is 1. The molecule has 1 aromatic heterocycles. The molecule has 0 spiro atoms. The molecule has 3 rings (SSSR count). The number of hydrogen-bond donors (Lipinski definition) is 2. The zero-order valence-electron chi connectivity index (χ0n) is 20.6. The molecule has 0 amide bonds. The number of ether oxygens (including phenoxy) is 1. The van der Waals surface area contributed by atoms with Crippen LogP contribution in [-0.2, 0) is 6.54 Å². The number of nitrogens with one attached hydrogen (secondary N) is 2. The van der Waals surface area contributed by atoms with E-state index in [2.05, 4.69) is 53.0 Å². The normalized spacial score (nSPS) is 12.0. The molecule has 0 radical (unpaired) electrons. The molecule has 0 unspecified atom stereocenters. The number of H-pyrrole nitrogens is 1. The predicted molar refractivity (Wildman–Crippen MR) is 145 cm³/mol. The highest BCUT2D eigenvalue weighted by Crippen LogP contribution is 2.20. The summed E-state index contributed by atoms with van der Waals surface area (Å²) in [7, 11) is 0. The Morgan fingerprint density at radius 1 is 1.06 bits per heavy atom. The highest BCUT2D eigenvalue weighted by molar-refractivity contribution is 7.80. The second kappa shape index (κ2) is 12.5. The largest absolute Gasteiger partial charge is 0.494 e. The van der Waals surface area contributed by atoms with E-state index >= 15 is 0 Å². The fourth-order valence-corrected chi connectivity index (χ4v) is 4.30. The van der Waals surface area contributed by atoms with Crippen LogP contribution >= 0.6 is 12.2 Å². The molecule has 3 aromatic rings. The van der Waals surface area contributed by atoms with Gasteiger partial charge in [0.1, 0.15) is 5.75 Å². The number of pyridine rings is 1. The SMILES string of the molecule is CCOc1ccc2[nH]c(=O)c(CN(CCN(CC)CC)C(=S)N[C@H](C)c3ccccc3)cc2c1. The molecular weight excluding hydrogens is 444 g/mol. The van der Waals surface area contributed by atoms with Crippen molar-refractivity contribution < 1.29 is 4.74 Å². The minimum atomic E-state index is -0.0941. The summed E-state index contributed by atoms with van der Waals surface area (Å²) in [6, 6.07) is 18.0. The van der Waals surface area contributed by atoms with Crippen molar-refractivity contribution in [3.05, 3.63) is 76.1 Å². The lowest BCUT2D eigenvalue weighted by Gasteiger charge is -2.30. The number of aromatic nitrogens is 1. The zero-order chi connectivity index (χ0) is 24.5. The van der Waals surface area contributed by atoms with Gasteiger partial charge in [-0.05, 0) is 69.0 Å². The highest BCUT2D eigenvalue weighted by atomic mass is 32.1. The number of benzene rings is 2. The molecule has 2 N–H and O–H groups in total. The minimum Gasteiger partial charge on any atom is -0.494 e. The lowest BCUT2D eigenvalue weighted by molar-refractivity contribution is 0.262. The van der Waals surface area contributed by atoms with Crippen molar-refractivity contribution >= 4 is 28.2 Å². The molecule has 0 saturated heterocycles. The first-order valence-corrected chi connectivity index (χ1v) is 12.5. The van der Waals surface area contributed by atoms with Gasteiger partial charge in [-0.15, -0.1) is 0 Å². The molecule has 34 heavy (non-hydrogen) atoms. The van der Waals surface area contributed by atoms with Crippen molar-refractivity contribution in [3.8, 4) is 5.75 Å². The molecule has 0 aliphatic carbocycles. The zero-order valence-corrected chi connectivity index (χ0v) is 21.5. The van der Waals surface area contributed by atoms with Crippen LogP contribution in [0.1, 0.15) is 44.9 Å². The number of aromatic amines is 1. The molecule has 0 bridgehead atoms. The van der Waals surface area contributed by atoms with Crippen molar-refractivity contribution in [2.24, 2.45) is 0 Å². The van der Waals surface area contributed by atoms with Gasteiger partial charge in [0.25, 0.3) is 5.56 Å². The maximum Gasteiger partial charge on any atom is 0.253 e. The van der Waals surface area contributed by atoms with Crippen LogP contribution in [0.25, 0.3) is 10.9 Å². The Balaban J connectivity index is 1.84. The van der Waals surface area contributed by atoms with Gasteiger partial charge >= 0.3 is 0 Å². The van der Waals surface area contributed by atoms with Gasteiger partial charge in [-0.2, -0.15) is 0 Å². The molecule has 7 heteroatoms. The van der Waals surface area contributed by atoms with E-state index < -0.39 is 0 Å². The molecular formula is C27H36N4O2S. The Bertz CT molecular complexity index is 1130. The van der Waals surface area contributed by atoms with Crippen LogP contribution in [0.2, 0.25) is 0 Å². The van der Waals surface area contributed by atoms with Crippen molar-refractivity contribution in [2.75, 3.05) is 32.8 Å². The fraction of sp³-hybridized carbons (Fsp3) is 0.407. The Hall–Kier alpha value is -2.90. The highest BCUT2D eigenvalue weighted by Gasteiger charge is 2.17. The van der Waals surface area contributed by atoms with Crippen LogP contribution in [0.5, 0.6) is 5.75 Å². The summed E-state index contributed by atoms with van der Waals surface area (Å²) in [5.41, 5.74) is 2.55. The molecule has 0 saturated carbocycles. The summed E-state index contributed by atoms with van der Waals surface area (Å²) >= 11 is 5.83. The quantitative estimate of drug-likeness (QED) is 0.388. The summed E-state index contributed by atoms with van der Waals surface area (Å²) in [4.78, 5) is 20.4. The Morgan fingerprint density at radius 2 is 1.79 bits per heavy atom. The number of likely N-dealkylation sites (N-methyl/N-ethyl adjacent to an activating group) is 1. The number of hydrogen-bond acceptors (Lipinski definition) is 4. The topological polar surface area (TPSA) is 60.6 Å². The van der Waals surface area contributed by atoms with Crippen LogP contribution < -0.4 is 15.6 Å². The summed E-state index contributed by atoms with van der Waals surface area (Å²) in [5.74, 6) is 0.792. The average molecular weight is 481 g/mol. The lowest BCUT2D eigenvalue weighted by atomic mass is 10.1. The molecule has 2 aromatic carbocycles. The van der Waals surface area contributed by atoms with Gasteiger partial charge in [0, 0.05) is 29.6 Å². The molecule has 1 heterocycles. The Morgan fingerprint density at radius 3 is 2.47 bits per heavy atom. The molecule has 182 valence electrons. The molecule has 6 nitrogen and oxygen atoms in total. The molecule has 0 aliphatic heterocycles. The second-order valence-electron chi connectivity index (χ2n) is 8.34. The Kier molecular flexibility index (Phi) is 9.48. The maximum atomic E-state index is 12.9. The standard InChI is InChI=1S/C27H36N4O2S/c1-5-30(6-2)15-16-31(27(34)28-20(4)21-11-9-8-10-12-21)19-23-17-22-18-24(33-7-3)13-14-25(22)29-26(23)32/h8-14,17-18,20H,5-7,15-16,19H2,1-4H3,(H,28,34)(H,29,32)/t20-/m1/s1. The van der Waals surface area contributed by atoms with E-state index in [4.69, 9.17) is 17.0 Å². The first-order valence-electron chi connectivity index (χ1n) is 12.1. The summed E-state index contributed by atoms with van der Waals surface area (Å²) in [5, 5.41) is 5.06. The molecule has 1 atom stereocenters. The van der Waals surface area contributed by atoms with Gasteiger partial charge in [0.05, 0.1) is 19.2 Å². The van der Waals surface area contributed by atoms with Crippen molar-refractivity contribution in [2.45, 2.75) is 40.3 Å². The van der Waals surface area contributed by atoms with E-state index in [0.717, 1.165) is 42.8 Å². The van der Waals surface area contributed by atoms with E-state index in [1.54, 1.807) is 0 Å². The van der Waals surface area contributed by atoms with E-state index in [-0.39, 0.29) is 11.6 Å². The molecule has 0 fully saturated rings. The third-order valence-corrected chi connectivity index (χ3v) is 6.45. The fourth-order valence-electron chi connectivity index (χ4n) is 3.97. The number of nitrogens with zero attached hydrogens (tertiary/aromatic N) is 2. The summed E-state index contributed by atoms with van der Waals surface area (Å²) < 4.78 is 5.64. The first-order chi connectivity index (χ1) is 16.4. The summed E-state index contributed by atoms with van der Waals surface area (Å²) in [6.45, 7) is 12.9. The number of rotatable bonds is 11. The monoisotopic (exact) mass is 480 g/mol. The minimum absolute atomic E-state index is 0.0632. The number of thiocarbonyl (C=S) groups is 1. The predicted octanol–water partition coefficient (Wildman–Crippen LogP) is 4.71. The lowest BCUT2D eigenvalue weighted by Crippen LogP contribution is -2.44. The van der Waals surface area contributed by atoms with Crippen molar-refractivity contribution in [3.63, 3.8) is 0 Å². The van der Waals surface area contributed by atoms with Crippen LogP contribution in [0.3, 0.4) is 0 Å². The third kappa shape index (κ3) is 6.81. The smallest absolute Gasteiger partial charge is 0.253 e. The maximum absolute atomic E-state index is 12.9. The van der Waals surface area contributed by atoms with Crippen LogP contribution in [0, 0.1) is 0 Å². The average Bonchev–Trinajstić information content (AvgIpc) is 2.85. The van der Waals surface area contributed by atoms with E-state index in [1.807, 2.05) is 49.4 Å². The van der Waals surface area contributed by atoms with Gasteiger partial charge in [0.15, 0.2) is 5.11 Å². The van der Waals surface area contributed by atoms with Crippen LogP contribution in [0.4, 0.5) is 0 Å². The van der Waals surface area contributed by atoms with E-state index in [9.17, 15) is 4.79 Å². The van der Waals surface area contributed by atoms with Gasteiger partial charge in [-0.3, -0.25) is 4.79 Å². The third-order valence-electron chi connectivity index (χ3n) is 6.07. The van der Waals surface area contributed by atoms with Gasteiger partial charge < -0.3 is 24.8 Å². The van der Waals surface area contributed by atoms with Crippen LogP contribution in [-0.4, -0.2) is 52.7 Å². The van der Waals surface area contributed by atoms with Crippen molar-refractivity contribution in [1.82, 2.24) is 20.1 Å². The van der Waals surface area contributed by atoms with Crippen molar-refractivity contribution in [1.29, 1.82) is 0 Å². The van der Waals surface area contributed by atoms with Gasteiger partial charge in [-0.25, -0.2) is 0 Å². The molecule has 0 aliphatic rings. The van der Waals surface area contributed by atoms with Crippen LogP contribution in [0.15, 0.2) is 59.4 Å². The Labute approximate surface area is 207 Å². The first kappa shape index (κ1) is 25.7. The second-order valence-corrected chi connectivity index (χ2v) is 8.72. The van der Waals surface area contributed by atoms with Gasteiger partial charge in [-0.1, -0.05) is 44.2 Å². The van der Waals surface area contributed by atoms with E-state index in [0.29, 0.717) is 23.8 Å².